The normalized spacial score (nSPS) is 1.11. The zero-order chi connectivity index (χ0) is 4.50. The summed E-state index contributed by atoms with van der Waals surface area (Å²) < 4.78 is 0. The Morgan fingerprint density at radius 1 is 0.130 bits per heavy atom. The Hall–Kier alpha value is 7.05. The third-order valence-electron chi connectivity index (χ3n) is 0. The quantitative estimate of drug-likeness (QED) is 0.136. The Morgan fingerprint density at radius 3 is 0.130 bits per heavy atom. The van der Waals surface area contributed by atoms with Gasteiger partial charge in [0.15, 0.2) is 0 Å². The summed E-state index contributed by atoms with van der Waals surface area (Å²) in [6.07, 6.45) is 0. The minimum absolute atomic E-state index is 0. The van der Waals surface area contributed by atoms with Gasteiger partial charge in [0, 0.05) is 253 Å². The first-order valence-corrected chi connectivity index (χ1v) is 2.40. The van der Waals surface area contributed by atoms with Crippen molar-refractivity contribution in [3.63, 3.8) is 0 Å². The maximum absolute atomic E-state index is 7.30. The summed E-state index contributed by atoms with van der Waals surface area (Å²) >= 11 is 0. The van der Waals surface area contributed by atoms with E-state index in [1.54, 1.807) is 0 Å². The van der Waals surface area contributed by atoms with E-state index in [2.05, 4.69) is 0 Å². The standard InChI is InChI=1S/H4O4P.37H2O.12W/c1-5(2,3)4;;;;;;;;;;;;;;;;;;;;;;;;;;;;;;;;;;;;;;;;;;;;;;;;;/h1-4H;37*1H2;;;;;;;;;;;;/q+1;;;;;;;;;;;;;;;;;;;;;;;;;;;;;;;;;;;;;;;;;;;;;;;;;/p+2. The molecule has 0 bridgehead atoms. The Labute approximate surface area is 476 Å². The Morgan fingerprint density at radius 2 is 0.130 bits per heavy atom. The van der Waals surface area contributed by atoms with Gasteiger partial charge in [-0.15, -0.1) is 0 Å². The van der Waals surface area contributed by atoms with E-state index in [0.717, 1.165) is 0 Å². The van der Waals surface area contributed by atoms with Crippen LogP contribution < -0.4 is 0 Å². The van der Waals surface area contributed by atoms with Crippen molar-refractivity contribution in [2.75, 3.05) is 0 Å². The summed E-state index contributed by atoms with van der Waals surface area (Å²) in [5.41, 5.74) is 0. The Bertz CT molecular complexity index is 63.6. The molecule has 0 saturated carbocycles. The van der Waals surface area contributed by atoms with Crippen molar-refractivity contribution in [2.24, 2.45) is 0 Å². The van der Waals surface area contributed by atoms with Gasteiger partial charge in [-0.1, -0.05) is 0 Å². The first kappa shape index (κ1) is 1800. The SMILES string of the molecule is O.O.O.O.O.O.O.O.O.O.O.O.O.O.O.O.O.O.O.O.O.O.O.O.O.O.O.O.O.O.O.O.O.O.O.O[P+](O)(O)O.[OH3+].[OH3+].[W].[W].[W].[W].[W].[W].[W].[W].[W].[W].[W].[W]. The van der Waals surface area contributed by atoms with Crippen molar-refractivity contribution in [3.8, 4) is 0 Å². The summed E-state index contributed by atoms with van der Waals surface area (Å²) in [6.45, 7) is 0. The molecule has 0 amide bonds. The summed E-state index contributed by atoms with van der Waals surface area (Å²) in [7, 11) is -4.39. The zero-order valence-corrected chi connectivity index (χ0v) is 61.9. The predicted molar refractivity (Wildman–Crippen MR) is 152 cm³/mol. The number of rotatable bonds is 0. The van der Waals surface area contributed by atoms with E-state index < -0.39 is 8.17 Å². The molecule has 54 heteroatoms. The summed E-state index contributed by atoms with van der Waals surface area (Å²) in [5.74, 6) is 0. The fourth-order valence-corrected chi connectivity index (χ4v) is 0. The van der Waals surface area contributed by atoms with Gasteiger partial charge in [-0.25, -0.2) is 0 Å². The monoisotopic (exact) mass is 2970 g/mol. The molecule has 41 nitrogen and oxygen atoms in total. The third-order valence-corrected chi connectivity index (χ3v) is 0. The molecule has 0 unspecified atom stereocenters. The fourth-order valence-electron chi connectivity index (χ4n) is 0. The van der Waals surface area contributed by atoms with E-state index in [1.165, 1.54) is 0 Å². The van der Waals surface area contributed by atoms with Crippen molar-refractivity contribution in [2.45, 2.75) is 0 Å². The minimum atomic E-state index is -4.39. The van der Waals surface area contributed by atoms with Crippen LogP contribution in [0.1, 0.15) is 0 Å². The first-order chi connectivity index (χ1) is 2.00. The fraction of sp³-hybridized carbons (Fsp3) is 0. The van der Waals surface area contributed by atoms with Crippen LogP contribution in [0.25, 0.3) is 0 Å². The average molecular weight is 2970 g/mol. The third kappa shape index (κ3) is 4000. The molecule has 0 aromatic heterocycles. The molecule has 0 aromatic rings. The number of hydrogen-bond acceptors (Lipinski definition) is 4. The van der Waals surface area contributed by atoms with Crippen molar-refractivity contribution in [1.82, 2.24) is 0 Å². The molecule has 0 aliphatic heterocycles. The molecule has 54 heavy (non-hydrogen) atoms. The molecule has 0 fully saturated rings. The van der Waals surface area contributed by atoms with Crippen LogP contribution >= 0.6 is 8.17 Å². The van der Waals surface area contributed by atoms with Gasteiger partial charge in [-0.2, -0.15) is 19.6 Å². The zero-order valence-electron chi connectivity index (χ0n) is 25.8. The minimum Gasteiger partial charge on any atom is -0.457 e. The van der Waals surface area contributed by atoms with E-state index in [-0.39, 0.29) is 455 Å². The summed E-state index contributed by atoms with van der Waals surface area (Å²) in [6, 6.07) is 0. The summed E-state index contributed by atoms with van der Waals surface area (Å²) in [4.78, 5) is 29.2. The molecule has 0 aliphatic rings. The second kappa shape index (κ2) is 1230. The predicted octanol–water partition coefficient (Wildman–Crippen LogP) is -32.1. The van der Waals surface area contributed by atoms with Crippen LogP contribution in [0.5, 0.6) is 0 Å². The van der Waals surface area contributed by atoms with Crippen molar-refractivity contribution in [1.29, 1.82) is 0 Å². The van der Waals surface area contributed by atoms with Crippen LogP contribution in [0.3, 0.4) is 0 Å². The van der Waals surface area contributed by atoms with E-state index in [4.69, 9.17) is 19.6 Å². The van der Waals surface area contributed by atoms with Gasteiger partial charge >= 0.3 is 8.17 Å². The molecule has 0 atom stereocenters. The van der Waals surface area contributed by atoms with E-state index in [9.17, 15) is 0 Å². The molecule has 80 N–H and O–H groups in total. The molecule has 0 aromatic carbocycles. The molecular weight excluding hydrogens is 2890 g/mol. The second-order valence-corrected chi connectivity index (χ2v) is 1.61. The van der Waals surface area contributed by atoms with Crippen molar-refractivity contribution >= 4 is 8.17 Å². The largest absolute Gasteiger partial charge is 0.564 e. The van der Waals surface area contributed by atoms with Gasteiger partial charge < -0.3 is 203 Å². The molecule has 0 heterocycles. The van der Waals surface area contributed by atoms with E-state index in [1.807, 2.05) is 0 Å². The Kier molecular flexibility index (Phi) is 41100. The maximum Gasteiger partial charge on any atom is 0.564 e. The van der Waals surface area contributed by atoms with Crippen LogP contribution in [0, 0.1) is 0 Å². The molecular formula is H80O41PW12+3. The van der Waals surface area contributed by atoms with Crippen LogP contribution in [0.2, 0.25) is 0 Å². The molecule has 400 valence electrons. The van der Waals surface area contributed by atoms with Crippen molar-refractivity contribution in [3.05, 3.63) is 0 Å². The molecule has 0 radical (unpaired) electrons. The van der Waals surface area contributed by atoms with Gasteiger partial charge in [0.2, 0.25) is 0 Å². The Balaban J connectivity index is -0.0000000000680. The molecule has 0 saturated heterocycles. The van der Waals surface area contributed by atoms with Crippen LogP contribution in [-0.2, 0) is 264 Å². The number of hydrogen-bond donors (Lipinski definition) is 4. The topological polar surface area (TPSA) is 1250 Å². The van der Waals surface area contributed by atoms with Gasteiger partial charge in [0.25, 0.3) is 0 Å². The van der Waals surface area contributed by atoms with Crippen LogP contribution in [-0.4, -0.2) is 211 Å². The molecule has 0 rings (SSSR count). The first-order valence-electron chi connectivity index (χ1n) is 0.800. The summed E-state index contributed by atoms with van der Waals surface area (Å²) in [5, 5.41) is 0. The van der Waals surface area contributed by atoms with E-state index in [0.29, 0.717) is 0 Å². The van der Waals surface area contributed by atoms with Gasteiger partial charge in [0.1, 0.15) is 0 Å². The van der Waals surface area contributed by atoms with Crippen LogP contribution in [0.15, 0.2) is 0 Å². The molecule has 0 aliphatic carbocycles. The smallest absolute Gasteiger partial charge is 0.457 e. The maximum atomic E-state index is 7.30. The van der Waals surface area contributed by atoms with Gasteiger partial charge in [-0.05, 0) is 0 Å². The average Bonchev–Trinajstić information content (AvgIpc) is 0.722. The van der Waals surface area contributed by atoms with Gasteiger partial charge in [0.05, 0.1) is 0 Å². The van der Waals surface area contributed by atoms with E-state index >= 15 is 0 Å². The van der Waals surface area contributed by atoms with Gasteiger partial charge in [-0.3, -0.25) is 0 Å². The molecule has 0 spiro atoms. The second-order valence-electron chi connectivity index (χ2n) is 0.537. The van der Waals surface area contributed by atoms with Crippen LogP contribution in [0.4, 0.5) is 0 Å². The van der Waals surface area contributed by atoms with Crippen molar-refractivity contribution < 1.29 is 475 Å².